The second-order valence-electron chi connectivity index (χ2n) is 3.73. The molecule has 0 amide bonds. The van der Waals surface area contributed by atoms with E-state index >= 15 is 0 Å². The van der Waals surface area contributed by atoms with Gasteiger partial charge in [-0.25, -0.2) is 10.8 Å². The summed E-state index contributed by atoms with van der Waals surface area (Å²) in [5.74, 6) is 5.97. The molecule has 0 radical (unpaired) electrons. The number of halogens is 1. The monoisotopic (exact) mass is 284 g/mol. The highest BCUT2D eigenvalue weighted by Crippen LogP contribution is 2.10. The minimum atomic E-state index is 0.305. The van der Waals surface area contributed by atoms with Gasteiger partial charge in [-0.2, -0.15) is 0 Å². The number of rotatable bonds is 3. The second kappa shape index (κ2) is 6.50. The van der Waals surface area contributed by atoms with Crippen molar-refractivity contribution in [3.63, 3.8) is 0 Å². The molecule has 1 rings (SSSR count). The smallest absolute Gasteiger partial charge is 0.206 e. The predicted molar refractivity (Wildman–Crippen MR) is 70.9 cm³/mol. The van der Waals surface area contributed by atoms with E-state index in [1.807, 2.05) is 38.1 Å². The van der Waals surface area contributed by atoms with Crippen LogP contribution in [0.5, 0.6) is 0 Å². The third-order valence-corrected chi connectivity index (χ3v) is 2.42. The van der Waals surface area contributed by atoms with Crippen molar-refractivity contribution in [3.8, 4) is 0 Å². The predicted octanol–water partition coefficient (Wildman–Crippen LogP) is 1.77. The fourth-order valence-electron chi connectivity index (χ4n) is 1.17. The molecule has 0 aliphatic rings. The molecule has 4 nitrogen and oxygen atoms in total. The highest BCUT2D eigenvalue weighted by molar-refractivity contribution is 9.10. The Morgan fingerprint density at radius 3 is 2.50 bits per heavy atom. The number of guanidine groups is 1. The SMILES string of the molecule is CC(C)NC(=NCc1ccc(Br)cc1)NN. The third kappa shape index (κ3) is 4.63. The van der Waals surface area contributed by atoms with Crippen molar-refractivity contribution in [2.45, 2.75) is 26.4 Å². The lowest BCUT2D eigenvalue weighted by Crippen LogP contribution is -2.44. The molecule has 0 bridgehead atoms. The quantitative estimate of drug-likeness (QED) is 0.343. The molecule has 4 N–H and O–H groups in total. The molecular weight excluding hydrogens is 268 g/mol. The van der Waals surface area contributed by atoms with E-state index in [1.165, 1.54) is 0 Å². The van der Waals surface area contributed by atoms with Gasteiger partial charge >= 0.3 is 0 Å². The Hall–Kier alpha value is -1.07. The first-order valence-electron chi connectivity index (χ1n) is 5.14. The first-order chi connectivity index (χ1) is 7.61. The molecule has 0 fully saturated rings. The molecule has 0 atom stereocenters. The van der Waals surface area contributed by atoms with Crippen LogP contribution in [-0.4, -0.2) is 12.0 Å². The minimum Gasteiger partial charge on any atom is -0.353 e. The minimum absolute atomic E-state index is 0.305. The van der Waals surface area contributed by atoms with Gasteiger partial charge in [-0.3, -0.25) is 5.43 Å². The molecular formula is C11H17BrN4. The molecule has 0 spiro atoms. The van der Waals surface area contributed by atoms with Crippen molar-refractivity contribution in [1.82, 2.24) is 10.7 Å². The normalized spacial score (nSPS) is 11.7. The molecule has 0 heterocycles. The Kier molecular flexibility index (Phi) is 5.28. The van der Waals surface area contributed by atoms with Crippen LogP contribution < -0.4 is 16.6 Å². The van der Waals surface area contributed by atoms with E-state index in [1.54, 1.807) is 0 Å². The maximum absolute atomic E-state index is 5.36. The number of hydrazine groups is 1. The van der Waals surface area contributed by atoms with Crippen molar-refractivity contribution >= 4 is 21.9 Å². The maximum Gasteiger partial charge on any atom is 0.206 e. The lowest BCUT2D eigenvalue weighted by atomic mass is 10.2. The summed E-state index contributed by atoms with van der Waals surface area (Å²) >= 11 is 3.39. The average molecular weight is 285 g/mol. The van der Waals surface area contributed by atoms with Gasteiger partial charge < -0.3 is 5.32 Å². The van der Waals surface area contributed by atoms with Crippen molar-refractivity contribution in [2.24, 2.45) is 10.8 Å². The molecule has 0 saturated heterocycles. The summed E-state index contributed by atoms with van der Waals surface area (Å²) in [6, 6.07) is 8.35. The number of nitrogens with two attached hydrogens (primary N) is 1. The van der Waals surface area contributed by atoms with Gasteiger partial charge in [0.05, 0.1) is 6.54 Å². The molecule has 5 heteroatoms. The number of nitrogens with one attached hydrogen (secondary N) is 2. The number of aliphatic imine (C=N–C) groups is 1. The summed E-state index contributed by atoms with van der Waals surface area (Å²) in [6.45, 7) is 4.67. The molecule has 0 aromatic heterocycles. The van der Waals surface area contributed by atoms with Gasteiger partial charge in [0, 0.05) is 10.5 Å². The summed E-state index contributed by atoms with van der Waals surface area (Å²) < 4.78 is 1.07. The Bertz CT molecular complexity index is 346. The second-order valence-corrected chi connectivity index (χ2v) is 4.65. The largest absolute Gasteiger partial charge is 0.353 e. The summed E-state index contributed by atoms with van der Waals surface area (Å²) in [5, 5.41) is 3.12. The van der Waals surface area contributed by atoms with Crippen molar-refractivity contribution in [1.29, 1.82) is 0 Å². The van der Waals surface area contributed by atoms with Crippen molar-refractivity contribution in [3.05, 3.63) is 34.3 Å². The van der Waals surface area contributed by atoms with E-state index in [0.717, 1.165) is 10.0 Å². The van der Waals surface area contributed by atoms with Gasteiger partial charge in [0.1, 0.15) is 0 Å². The number of hydrogen-bond acceptors (Lipinski definition) is 2. The van der Waals surface area contributed by atoms with Crippen LogP contribution in [0.1, 0.15) is 19.4 Å². The van der Waals surface area contributed by atoms with Gasteiger partial charge in [-0.05, 0) is 31.5 Å². The molecule has 0 aliphatic heterocycles. The van der Waals surface area contributed by atoms with Crippen molar-refractivity contribution in [2.75, 3.05) is 0 Å². The Morgan fingerprint density at radius 1 is 1.38 bits per heavy atom. The fourth-order valence-corrected chi connectivity index (χ4v) is 1.43. The zero-order valence-corrected chi connectivity index (χ0v) is 11.1. The van der Waals surface area contributed by atoms with E-state index < -0.39 is 0 Å². The average Bonchev–Trinajstić information content (AvgIpc) is 2.26. The summed E-state index contributed by atoms with van der Waals surface area (Å²) in [6.07, 6.45) is 0. The highest BCUT2D eigenvalue weighted by atomic mass is 79.9. The summed E-state index contributed by atoms with van der Waals surface area (Å²) in [7, 11) is 0. The lowest BCUT2D eigenvalue weighted by molar-refractivity contribution is 0.702. The van der Waals surface area contributed by atoms with Crippen LogP contribution in [0.4, 0.5) is 0 Å². The van der Waals surface area contributed by atoms with Crippen LogP contribution in [0.2, 0.25) is 0 Å². The topological polar surface area (TPSA) is 62.4 Å². The molecule has 0 unspecified atom stereocenters. The zero-order valence-electron chi connectivity index (χ0n) is 9.50. The van der Waals surface area contributed by atoms with Crippen LogP contribution >= 0.6 is 15.9 Å². The Morgan fingerprint density at radius 2 is 2.00 bits per heavy atom. The number of benzene rings is 1. The van der Waals surface area contributed by atoms with Gasteiger partial charge in [0.2, 0.25) is 5.96 Å². The standard InChI is InChI=1S/C11H17BrN4/c1-8(2)15-11(16-13)14-7-9-3-5-10(12)6-4-9/h3-6,8H,7,13H2,1-2H3,(H2,14,15,16). The van der Waals surface area contributed by atoms with E-state index in [2.05, 4.69) is 31.7 Å². The number of nitrogens with zero attached hydrogens (tertiary/aromatic N) is 1. The van der Waals surface area contributed by atoms with Crippen molar-refractivity contribution < 1.29 is 0 Å². The Labute approximate surface area is 104 Å². The highest BCUT2D eigenvalue weighted by Gasteiger charge is 1.98. The van der Waals surface area contributed by atoms with Gasteiger partial charge in [-0.1, -0.05) is 28.1 Å². The van der Waals surface area contributed by atoms with E-state index in [9.17, 15) is 0 Å². The maximum atomic E-state index is 5.36. The number of hydrogen-bond donors (Lipinski definition) is 3. The summed E-state index contributed by atoms with van der Waals surface area (Å²) in [5.41, 5.74) is 3.68. The summed E-state index contributed by atoms with van der Waals surface area (Å²) in [4.78, 5) is 4.34. The Balaban J connectivity index is 2.59. The van der Waals surface area contributed by atoms with Gasteiger partial charge in [0.15, 0.2) is 0 Å². The fraction of sp³-hybridized carbons (Fsp3) is 0.364. The van der Waals surface area contributed by atoms with E-state index in [0.29, 0.717) is 18.5 Å². The molecule has 1 aromatic carbocycles. The van der Waals surface area contributed by atoms with Crippen LogP contribution in [0.25, 0.3) is 0 Å². The molecule has 0 aliphatic carbocycles. The van der Waals surface area contributed by atoms with Crippen LogP contribution in [0.3, 0.4) is 0 Å². The van der Waals surface area contributed by atoms with E-state index in [-0.39, 0.29) is 0 Å². The van der Waals surface area contributed by atoms with Crippen LogP contribution in [0, 0.1) is 0 Å². The van der Waals surface area contributed by atoms with Crippen LogP contribution in [0.15, 0.2) is 33.7 Å². The molecule has 0 saturated carbocycles. The van der Waals surface area contributed by atoms with E-state index in [4.69, 9.17) is 5.84 Å². The first-order valence-corrected chi connectivity index (χ1v) is 5.93. The van der Waals surface area contributed by atoms with Gasteiger partial charge in [-0.15, -0.1) is 0 Å². The molecule has 1 aromatic rings. The zero-order chi connectivity index (χ0) is 12.0. The lowest BCUT2D eigenvalue weighted by Gasteiger charge is -2.11. The van der Waals surface area contributed by atoms with Crippen LogP contribution in [-0.2, 0) is 6.54 Å². The molecule has 88 valence electrons. The first kappa shape index (κ1) is 13.0. The molecule has 16 heavy (non-hydrogen) atoms. The van der Waals surface area contributed by atoms with Gasteiger partial charge in [0.25, 0.3) is 0 Å². The third-order valence-electron chi connectivity index (χ3n) is 1.90.